The first-order chi connectivity index (χ1) is 14.2. The topological polar surface area (TPSA) is 42.4 Å². The molecule has 0 spiro atoms. The van der Waals surface area contributed by atoms with Crippen molar-refractivity contribution in [1.29, 1.82) is 0 Å². The fourth-order valence-corrected chi connectivity index (χ4v) is 3.24. The van der Waals surface area contributed by atoms with E-state index in [9.17, 15) is 18.0 Å². The summed E-state index contributed by atoms with van der Waals surface area (Å²) in [6.07, 6.45) is -1.06. The quantitative estimate of drug-likeness (QED) is 0.488. The first-order valence-corrected chi connectivity index (χ1v) is 9.73. The van der Waals surface area contributed by atoms with Crippen molar-refractivity contribution in [3.8, 4) is 0 Å². The molecule has 0 atom stereocenters. The van der Waals surface area contributed by atoms with Gasteiger partial charge >= 0.3 is 6.18 Å². The molecule has 8 heteroatoms. The first kappa shape index (κ1) is 23.8. The van der Waals surface area contributed by atoms with Crippen molar-refractivity contribution in [2.45, 2.75) is 44.6 Å². The summed E-state index contributed by atoms with van der Waals surface area (Å²) in [7, 11) is 0. The lowest BCUT2D eigenvalue weighted by molar-refractivity contribution is -0.137. The largest absolute Gasteiger partial charge is 0.419 e. The molecule has 0 N–H and O–H groups in total. The van der Waals surface area contributed by atoms with Gasteiger partial charge in [-0.1, -0.05) is 30.3 Å². The van der Waals surface area contributed by atoms with Gasteiger partial charge in [-0.15, -0.1) is 0 Å². The Kier molecular flexibility index (Phi) is 8.34. The van der Waals surface area contributed by atoms with Crippen LogP contribution in [0.15, 0.2) is 48.8 Å². The van der Waals surface area contributed by atoms with Crippen molar-refractivity contribution in [3.63, 3.8) is 0 Å². The van der Waals surface area contributed by atoms with Crippen LogP contribution in [0.4, 0.5) is 23.2 Å². The molecule has 3 rings (SSSR count). The van der Waals surface area contributed by atoms with E-state index in [2.05, 4.69) is 4.98 Å². The molecule has 0 saturated carbocycles. The van der Waals surface area contributed by atoms with Crippen LogP contribution in [0.25, 0.3) is 0 Å². The fraction of sp³-hybridized carbons (Fsp3) is 0.455. The second kappa shape index (κ2) is 10.5. The van der Waals surface area contributed by atoms with Crippen LogP contribution >= 0.6 is 0 Å². The summed E-state index contributed by atoms with van der Waals surface area (Å²) in [5.41, 5.74) is -1.59. The molecule has 1 aromatic carbocycles. The van der Waals surface area contributed by atoms with Crippen molar-refractivity contribution in [2.24, 2.45) is 0 Å². The summed E-state index contributed by atoms with van der Waals surface area (Å²) in [5, 5.41) is 0. The Morgan fingerprint density at radius 1 is 1.17 bits per heavy atom. The standard InChI is InChI=1S/C17H16F4N2.C5H10O2/c18-16(13-4-2-1-3-5-13)7-10-23(11-8-16)15-6-9-22-12-14(15)17(19,20)21;1-5(2)7-4-3-6/h1-6,9,12H,7-8,10-11H2;3,5H,4H2,1-2H3. The third kappa shape index (κ3) is 6.52. The molecular formula is C22H26F4N2O2. The van der Waals surface area contributed by atoms with E-state index < -0.39 is 17.4 Å². The number of hydrogen-bond donors (Lipinski definition) is 0. The number of aldehydes is 1. The van der Waals surface area contributed by atoms with Crippen LogP contribution in [0.5, 0.6) is 0 Å². The van der Waals surface area contributed by atoms with Gasteiger partial charge in [0.05, 0.1) is 17.4 Å². The molecule has 2 aromatic rings. The van der Waals surface area contributed by atoms with E-state index >= 15 is 4.39 Å². The number of halogens is 4. The summed E-state index contributed by atoms with van der Waals surface area (Å²) < 4.78 is 59.1. The van der Waals surface area contributed by atoms with Gasteiger partial charge in [-0.2, -0.15) is 13.2 Å². The summed E-state index contributed by atoms with van der Waals surface area (Å²) in [6.45, 7) is 4.47. The second-order valence-corrected chi connectivity index (χ2v) is 7.26. The molecule has 164 valence electrons. The number of anilines is 1. The zero-order chi connectivity index (χ0) is 22.2. The van der Waals surface area contributed by atoms with Crippen molar-refractivity contribution >= 4 is 12.0 Å². The van der Waals surface area contributed by atoms with Gasteiger partial charge in [0.2, 0.25) is 0 Å². The maximum absolute atomic E-state index is 15.1. The lowest BCUT2D eigenvalue weighted by Crippen LogP contribution is -2.41. The third-order valence-electron chi connectivity index (χ3n) is 4.79. The van der Waals surface area contributed by atoms with E-state index in [0.29, 0.717) is 5.56 Å². The van der Waals surface area contributed by atoms with Crippen molar-refractivity contribution < 1.29 is 27.1 Å². The van der Waals surface area contributed by atoms with Gasteiger partial charge in [-0.05, 0) is 25.5 Å². The minimum atomic E-state index is -4.47. The van der Waals surface area contributed by atoms with Gasteiger partial charge in [-0.3, -0.25) is 4.98 Å². The highest BCUT2D eigenvalue weighted by molar-refractivity contribution is 5.54. The van der Waals surface area contributed by atoms with Gasteiger partial charge in [0, 0.05) is 38.3 Å². The molecule has 2 heterocycles. The fourth-order valence-electron chi connectivity index (χ4n) is 3.24. The number of pyridine rings is 1. The maximum atomic E-state index is 15.1. The van der Waals surface area contributed by atoms with Crippen LogP contribution in [0.3, 0.4) is 0 Å². The van der Waals surface area contributed by atoms with E-state index in [1.807, 2.05) is 19.9 Å². The Labute approximate surface area is 173 Å². The highest BCUT2D eigenvalue weighted by atomic mass is 19.4. The van der Waals surface area contributed by atoms with Crippen LogP contribution in [-0.2, 0) is 21.4 Å². The van der Waals surface area contributed by atoms with Gasteiger partial charge < -0.3 is 14.4 Å². The van der Waals surface area contributed by atoms with Crippen LogP contribution in [0.2, 0.25) is 0 Å². The number of alkyl halides is 4. The third-order valence-corrected chi connectivity index (χ3v) is 4.79. The Morgan fingerprint density at radius 2 is 1.80 bits per heavy atom. The highest BCUT2D eigenvalue weighted by Crippen LogP contribution is 2.41. The molecule has 0 aliphatic carbocycles. The van der Waals surface area contributed by atoms with Crippen molar-refractivity contribution in [1.82, 2.24) is 4.98 Å². The Bertz CT molecular complexity index is 789. The molecule has 1 aliphatic heterocycles. The van der Waals surface area contributed by atoms with Gasteiger partial charge in [-0.25, -0.2) is 4.39 Å². The zero-order valence-corrected chi connectivity index (χ0v) is 17.0. The number of ether oxygens (including phenoxy) is 1. The number of carbonyl (C=O) groups excluding carboxylic acids is 1. The van der Waals surface area contributed by atoms with Gasteiger partial charge in [0.25, 0.3) is 0 Å². The van der Waals surface area contributed by atoms with Crippen LogP contribution in [0, 0.1) is 0 Å². The van der Waals surface area contributed by atoms with E-state index in [4.69, 9.17) is 4.74 Å². The van der Waals surface area contributed by atoms with Gasteiger partial charge in [0.1, 0.15) is 18.6 Å². The Balaban J connectivity index is 0.000000396. The minimum Gasteiger partial charge on any atom is -0.371 e. The summed E-state index contributed by atoms with van der Waals surface area (Å²) in [4.78, 5) is 14.7. The molecule has 0 unspecified atom stereocenters. The molecule has 4 nitrogen and oxygen atoms in total. The second-order valence-electron chi connectivity index (χ2n) is 7.26. The molecule has 0 radical (unpaired) electrons. The van der Waals surface area contributed by atoms with E-state index in [1.54, 1.807) is 29.2 Å². The maximum Gasteiger partial charge on any atom is 0.419 e. The number of benzene rings is 1. The SMILES string of the molecule is CC(C)OCC=O.FC(F)(F)c1cnccc1N1CCC(F)(c2ccccc2)CC1. The average Bonchev–Trinajstić information content (AvgIpc) is 2.73. The van der Waals surface area contributed by atoms with E-state index in [1.165, 1.54) is 12.3 Å². The lowest BCUT2D eigenvalue weighted by atomic mass is 9.86. The molecular weight excluding hydrogens is 400 g/mol. The van der Waals surface area contributed by atoms with Crippen molar-refractivity contribution in [3.05, 3.63) is 59.9 Å². The normalized spacial score (nSPS) is 16.0. The molecule has 1 aliphatic rings. The lowest BCUT2D eigenvalue weighted by Gasteiger charge is -2.38. The predicted molar refractivity (Wildman–Crippen MR) is 107 cm³/mol. The Hall–Kier alpha value is -2.48. The smallest absolute Gasteiger partial charge is 0.371 e. The predicted octanol–water partition coefficient (Wildman–Crippen LogP) is 5.18. The van der Waals surface area contributed by atoms with Gasteiger partial charge in [0.15, 0.2) is 0 Å². The molecule has 0 bridgehead atoms. The highest BCUT2D eigenvalue weighted by Gasteiger charge is 2.39. The number of carbonyl (C=O) groups is 1. The number of nitrogens with zero attached hydrogens (tertiary/aromatic N) is 2. The molecule has 0 amide bonds. The molecule has 1 aromatic heterocycles. The number of hydrogen-bond acceptors (Lipinski definition) is 4. The summed E-state index contributed by atoms with van der Waals surface area (Å²) in [6, 6.07) is 10.2. The van der Waals surface area contributed by atoms with E-state index in [0.717, 1.165) is 12.5 Å². The number of rotatable bonds is 5. The van der Waals surface area contributed by atoms with Crippen LogP contribution in [-0.4, -0.2) is 37.1 Å². The summed E-state index contributed by atoms with van der Waals surface area (Å²) >= 11 is 0. The van der Waals surface area contributed by atoms with Crippen LogP contribution < -0.4 is 4.90 Å². The zero-order valence-electron chi connectivity index (χ0n) is 17.0. The van der Waals surface area contributed by atoms with Crippen molar-refractivity contribution in [2.75, 3.05) is 24.6 Å². The number of aromatic nitrogens is 1. The molecule has 1 saturated heterocycles. The Morgan fingerprint density at radius 3 is 2.30 bits per heavy atom. The summed E-state index contributed by atoms with van der Waals surface area (Å²) in [5.74, 6) is 0. The minimum absolute atomic E-state index is 0.0719. The van der Waals surface area contributed by atoms with Crippen LogP contribution in [0.1, 0.15) is 37.8 Å². The van der Waals surface area contributed by atoms with E-state index in [-0.39, 0.29) is 44.3 Å². The monoisotopic (exact) mass is 426 g/mol. The molecule has 30 heavy (non-hydrogen) atoms. The molecule has 1 fully saturated rings. The average molecular weight is 426 g/mol. The number of piperidine rings is 1. The first-order valence-electron chi connectivity index (χ1n) is 9.73.